The molecule has 2 aromatic rings. The number of ether oxygens (including phenoxy) is 1. The second kappa shape index (κ2) is 6.80. The van der Waals surface area contributed by atoms with Gasteiger partial charge in [0.15, 0.2) is 18.1 Å². The van der Waals surface area contributed by atoms with Gasteiger partial charge < -0.3 is 4.74 Å². The van der Waals surface area contributed by atoms with E-state index in [2.05, 4.69) is 4.98 Å². The third kappa shape index (κ3) is 3.20. The molecule has 1 heterocycles. The van der Waals surface area contributed by atoms with Gasteiger partial charge in [-0.2, -0.15) is 0 Å². The van der Waals surface area contributed by atoms with Gasteiger partial charge in [0.1, 0.15) is 5.01 Å². The first-order chi connectivity index (χ1) is 13.5. The van der Waals surface area contributed by atoms with E-state index < -0.39 is 5.97 Å². The van der Waals surface area contributed by atoms with Gasteiger partial charge in [0.25, 0.3) is 0 Å². The third-order valence-electron chi connectivity index (χ3n) is 6.98. The van der Waals surface area contributed by atoms with Crippen LogP contribution in [-0.2, 0) is 9.53 Å². The molecule has 1 aromatic carbocycles. The lowest BCUT2D eigenvalue weighted by Crippen LogP contribution is -2.51. The van der Waals surface area contributed by atoms with Crippen LogP contribution in [0, 0.1) is 30.1 Å². The molecule has 0 aliphatic heterocycles. The Bertz CT molecular complexity index is 879. The average Bonchev–Trinajstić information content (AvgIpc) is 3.15. The van der Waals surface area contributed by atoms with E-state index in [1.807, 2.05) is 31.2 Å². The second-order valence-corrected chi connectivity index (χ2v) is 9.96. The van der Waals surface area contributed by atoms with E-state index in [0.717, 1.165) is 29.8 Å². The molecular formula is C23H25NO3S. The highest BCUT2D eigenvalue weighted by molar-refractivity contribution is 7.13. The van der Waals surface area contributed by atoms with Crippen molar-refractivity contribution in [3.8, 4) is 10.6 Å². The quantitative estimate of drug-likeness (QED) is 0.664. The van der Waals surface area contributed by atoms with Crippen LogP contribution in [0.15, 0.2) is 29.6 Å². The smallest absolute Gasteiger partial charge is 0.358 e. The van der Waals surface area contributed by atoms with Gasteiger partial charge in [-0.15, -0.1) is 11.3 Å². The van der Waals surface area contributed by atoms with Gasteiger partial charge in [0.05, 0.1) is 0 Å². The van der Waals surface area contributed by atoms with Gasteiger partial charge >= 0.3 is 5.97 Å². The number of rotatable bonds is 5. The summed E-state index contributed by atoms with van der Waals surface area (Å²) in [4.78, 5) is 29.9. The van der Waals surface area contributed by atoms with Crippen LogP contribution in [0.1, 0.15) is 54.6 Å². The van der Waals surface area contributed by atoms with Gasteiger partial charge in [0.2, 0.25) is 0 Å². The van der Waals surface area contributed by atoms with Gasteiger partial charge in [-0.3, -0.25) is 4.79 Å². The zero-order valence-corrected chi connectivity index (χ0v) is 17.0. The Labute approximate surface area is 169 Å². The molecule has 4 nitrogen and oxygen atoms in total. The van der Waals surface area contributed by atoms with Crippen LogP contribution in [0.25, 0.3) is 10.6 Å². The predicted molar refractivity (Wildman–Crippen MR) is 108 cm³/mol. The van der Waals surface area contributed by atoms with Crippen molar-refractivity contribution in [1.29, 1.82) is 0 Å². The highest BCUT2D eigenvalue weighted by Gasteiger charge is 2.54. The Balaban J connectivity index is 1.23. The SMILES string of the molecule is Cc1ccc(-c2nc(C(=O)OCC(=O)C34CC5CC(CC(C5)C3)C4)cs2)cc1. The highest BCUT2D eigenvalue weighted by atomic mass is 32.1. The average molecular weight is 396 g/mol. The molecule has 0 radical (unpaired) electrons. The molecule has 1 aromatic heterocycles. The Morgan fingerprint density at radius 2 is 1.68 bits per heavy atom. The normalized spacial score (nSPS) is 30.4. The van der Waals surface area contributed by atoms with E-state index in [9.17, 15) is 9.59 Å². The lowest BCUT2D eigenvalue weighted by atomic mass is 9.48. The first kappa shape index (κ1) is 18.0. The molecule has 4 aliphatic rings. The fourth-order valence-corrected chi connectivity index (χ4v) is 6.80. The standard InChI is InChI=1S/C23H25NO3S/c1-14-2-4-18(5-3-14)21-24-19(13-28-21)22(26)27-12-20(25)23-9-15-6-16(10-23)8-17(7-15)11-23/h2-5,13,15-17H,6-12H2,1H3. The fraction of sp³-hybridized carbons (Fsp3) is 0.522. The predicted octanol–water partition coefficient (Wildman–Crippen LogP) is 5.06. The van der Waals surface area contributed by atoms with Gasteiger partial charge in [-0.1, -0.05) is 29.8 Å². The van der Waals surface area contributed by atoms with Crippen molar-refractivity contribution in [2.45, 2.75) is 45.4 Å². The lowest BCUT2D eigenvalue weighted by molar-refractivity contribution is -0.147. The van der Waals surface area contributed by atoms with E-state index in [1.54, 1.807) is 5.38 Å². The molecule has 6 rings (SSSR count). The minimum Gasteiger partial charge on any atom is -0.453 e. The number of esters is 1. The van der Waals surface area contributed by atoms with Gasteiger partial charge in [0, 0.05) is 16.4 Å². The van der Waals surface area contributed by atoms with Crippen molar-refractivity contribution in [3.05, 3.63) is 40.9 Å². The molecule has 0 unspecified atom stereocenters. The zero-order valence-electron chi connectivity index (χ0n) is 16.1. The number of thiazole rings is 1. The molecule has 4 bridgehead atoms. The summed E-state index contributed by atoms with van der Waals surface area (Å²) in [6.07, 6.45) is 6.91. The summed E-state index contributed by atoms with van der Waals surface area (Å²) in [7, 11) is 0. The van der Waals surface area contributed by atoms with Gasteiger partial charge in [-0.05, 0) is 63.2 Å². The molecule has 4 saturated carbocycles. The summed E-state index contributed by atoms with van der Waals surface area (Å²) < 4.78 is 5.40. The topological polar surface area (TPSA) is 56.3 Å². The van der Waals surface area contributed by atoms with Crippen LogP contribution in [0.5, 0.6) is 0 Å². The largest absolute Gasteiger partial charge is 0.453 e. The third-order valence-corrected chi connectivity index (χ3v) is 7.87. The molecule has 4 aliphatic carbocycles. The van der Waals surface area contributed by atoms with E-state index in [0.29, 0.717) is 23.4 Å². The highest BCUT2D eigenvalue weighted by Crippen LogP contribution is 2.60. The summed E-state index contributed by atoms with van der Waals surface area (Å²) in [6.45, 7) is 1.93. The van der Waals surface area contributed by atoms with E-state index in [4.69, 9.17) is 4.74 Å². The van der Waals surface area contributed by atoms with Crippen LogP contribution >= 0.6 is 11.3 Å². The number of carbonyl (C=O) groups is 2. The summed E-state index contributed by atoms with van der Waals surface area (Å²) in [5.41, 5.74) is 2.24. The fourth-order valence-electron chi connectivity index (χ4n) is 6.01. The molecule has 5 heteroatoms. The molecular weight excluding hydrogens is 370 g/mol. The van der Waals surface area contributed by atoms with Gasteiger partial charge in [-0.25, -0.2) is 9.78 Å². The van der Waals surface area contributed by atoms with Crippen molar-refractivity contribution >= 4 is 23.1 Å². The monoisotopic (exact) mass is 395 g/mol. The number of nitrogens with zero attached hydrogens (tertiary/aromatic N) is 1. The van der Waals surface area contributed by atoms with E-state index >= 15 is 0 Å². The first-order valence-electron chi connectivity index (χ1n) is 10.2. The first-order valence-corrected chi connectivity index (χ1v) is 11.1. The molecule has 0 N–H and O–H groups in total. The van der Waals surface area contributed by atoms with E-state index in [-0.39, 0.29) is 17.8 Å². The van der Waals surface area contributed by atoms with Crippen molar-refractivity contribution in [3.63, 3.8) is 0 Å². The summed E-state index contributed by atoms with van der Waals surface area (Å²) in [5.74, 6) is 1.77. The Morgan fingerprint density at radius 3 is 2.29 bits per heavy atom. The lowest BCUT2D eigenvalue weighted by Gasteiger charge is -2.55. The number of benzene rings is 1. The summed E-state index contributed by atoms with van der Waals surface area (Å²) in [5, 5.41) is 2.51. The number of hydrogen-bond donors (Lipinski definition) is 0. The molecule has 0 amide bonds. The summed E-state index contributed by atoms with van der Waals surface area (Å²) in [6, 6.07) is 8.05. The Morgan fingerprint density at radius 1 is 1.07 bits per heavy atom. The Kier molecular flexibility index (Phi) is 4.38. The number of aromatic nitrogens is 1. The molecule has 0 saturated heterocycles. The maximum Gasteiger partial charge on any atom is 0.358 e. The minimum absolute atomic E-state index is 0.109. The van der Waals surface area contributed by atoms with Crippen molar-refractivity contribution in [2.75, 3.05) is 6.61 Å². The van der Waals surface area contributed by atoms with Crippen LogP contribution in [0.2, 0.25) is 0 Å². The number of hydrogen-bond acceptors (Lipinski definition) is 5. The molecule has 0 atom stereocenters. The number of ketones is 1. The van der Waals surface area contributed by atoms with Crippen molar-refractivity contribution in [2.24, 2.45) is 23.2 Å². The number of Topliss-reactive ketones (excluding diaryl/α,β-unsaturated/α-hetero) is 1. The van der Waals surface area contributed by atoms with Crippen LogP contribution < -0.4 is 0 Å². The molecule has 28 heavy (non-hydrogen) atoms. The minimum atomic E-state index is -0.493. The number of carbonyl (C=O) groups excluding carboxylic acids is 2. The second-order valence-electron chi connectivity index (χ2n) is 9.10. The zero-order chi connectivity index (χ0) is 19.3. The van der Waals surface area contributed by atoms with Crippen LogP contribution in [0.3, 0.4) is 0 Å². The Hall–Kier alpha value is -2.01. The van der Waals surface area contributed by atoms with E-state index in [1.165, 1.54) is 36.2 Å². The maximum atomic E-state index is 13.0. The van der Waals surface area contributed by atoms with Crippen LogP contribution in [-0.4, -0.2) is 23.3 Å². The molecule has 0 spiro atoms. The molecule has 146 valence electrons. The van der Waals surface area contributed by atoms with Crippen molar-refractivity contribution < 1.29 is 14.3 Å². The number of aryl methyl sites for hydroxylation is 1. The summed E-state index contributed by atoms with van der Waals surface area (Å²) >= 11 is 1.42. The van der Waals surface area contributed by atoms with Crippen LogP contribution in [0.4, 0.5) is 0 Å². The molecule has 4 fully saturated rings. The maximum absolute atomic E-state index is 13.0. The van der Waals surface area contributed by atoms with Crippen molar-refractivity contribution in [1.82, 2.24) is 4.98 Å².